The minimum Gasteiger partial charge on any atom is -0.370 e. The highest BCUT2D eigenvalue weighted by atomic mass is 19.1. The van der Waals surface area contributed by atoms with E-state index < -0.39 is 0 Å². The first-order valence-corrected chi connectivity index (χ1v) is 13.8. The maximum atomic E-state index is 13.6. The molecular weight excluding hydrogens is 521 g/mol. The molecule has 0 aliphatic carbocycles. The highest BCUT2D eigenvalue weighted by Gasteiger charge is 2.13. The number of anilines is 3. The van der Waals surface area contributed by atoms with Crippen molar-refractivity contribution in [2.75, 3.05) is 51.4 Å². The van der Waals surface area contributed by atoms with E-state index in [4.69, 9.17) is 0 Å². The van der Waals surface area contributed by atoms with Crippen LogP contribution in [-0.4, -0.2) is 72.4 Å². The summed E-state index contributed by atoms with van der Waals surface area (Å²) in [5.41, 5.74) is 3.65. The number of carbonyl (C=O) groups is 2. The molecule has 3 aromatic rings. The van der Waals surface area contributed by atoms with E-state index in [1.807, 2.05) is 43.3 Å². The number of amides is 2. The molecule has 0 aliphatic rings. The van der Waals surface area contributed by atoms with Crippen molar-refractivity contribution in [1.29, 1.82) is 0 Å². The first-order chi connectivity index (χ1) is 19.7. The van der Waals surface area contributed by atoms with Gasteiger partial charge in [-0.15, -0.1) is 0 Å². The monoisotopic (exact) mass is 561 g/mol. The Labute approximate surface area is 241 Å². The fourth-order valence-corrected chi connectivity index (χ4v) is 4.02. The number of hydrogen-bond acceptors (Lipinski definition) is 7. The van der Waals surface area contributed by atoms with Crippen molar-refractivity contribution in [3.63, 3.8) is 0 Å². The third-order valence-corrected chi connectivity index (χ3v) is 6.23. The van der Waals surface area contributed by atoms with Crippen molar-refractivity contribution in [2.45, 2.75) is 32.7 Å². The number of aryl methyl sites for hydroxylation is 2. The summed E-state index contributed by atoms with van der Waals surface area (Å²) in [6.07, 6.45) is 7.40. The van der Waals surface area contributed by atoms with Crippen molar-refractivity contribution in [3.8, 4) is 0 Å². The average molecular weight is 562 g/mol. The van der Waals surface area contributed by atoms with Crippen LogP contribution in [0.2, 0.25) is 0 Å². The smallest absolute Gasteiger partial charge is 0.246 e. The largest absolute Gasteiger partial charge is 0.370 e. The highest BCUT2D eigenvalue weighted by Crippen LogP contribution is 2.21. The Morgan fingerprint density at radius 1 is 1.00 bits per heavy atom. The van der Waals surface area contributed by atoms with E-state index in [0.29, 0.717) is 31.1 Å². The van der Waals surface area contributed by atoms with Crippen LogP contribution in [0.5, 0.6) is 0 Å². The Kier molecular flexibility index (Phi) is 12.2. The van der Waals surface area contributed by atoms with Crippen LogP contribution >= 0.6 is 0 Å². The molecule has 218 valence electrons. The van der Waals surface area contributed by atoms with E-state index >= 15 is 0 Å². The van der Waals surface area contributed by atoms with Gasteiger partial charge in [-0.25, -0.2) is 9.37 Å². The van der Waals surface area contributed by atoms with E-state index in [0.717, 1.165) is 41.9 Å². The number of rotatable bonds is 15. The van der Waals surface area contributed by atoms with Gasteiger partial charge in [0.05, 0.1) is 6.54 Å². The third kappa shape index (κ3) is 10.6. The van der Waals surface area contributed by atoms with Gasteiger partial charge in [0.2, 0.25) is 17.8 Å². The predicted molar refractivity (Wildman–Crippen MR) is 162 cm³/mol. The number of hydrogen-bond donors (Lipinski definition) is 3. The molecule has 0 saturated carbocycles. The summed E-state index contributed by atoms with van der Waals surface area (Å²) in [6, 6.07) is 14.1. The van der Waals surface area contributed by atoms with E-state index in [1.54, 1.807) is 31.5 Å². The molecular formula is C31H40FN7O2. The molecule has 3 N–H and O–H groups in total. The SMILES string of the molecule is CCCNc1nc(Nc2cccc(F)c2)ncc1CCc1ccccc1CNC(=O)CN(C)C(=O)/C=C/CN(C)C. The van der Waals surface area contributed by atoms with E-state index in [2.05, 4.69) is 32.8 Å². The number of benzene rings is 2. The fourth-order valence-electron chi connectivity index (χ4n) is 4.02. The summed E-state index contributed by atoms with van der Waals surface area (Å²) in [7, 11) is 5.45. The van der Waals surface area contributed by atoms with Gasteiger partial charge in [-0.3, -0.25) is 9.59 Å². The molecule has 0 fully saturated rings. The van der Waals surface area contributed by atoms with Crippen molar-refractivity contribution in [3.05, 3.63) is 89.4 Å². The first-order valence-electron chi connectivity index (χ1n) is 13.8. The van der Waals surface area contributed by atoms with Gasteiger partial charge >= 0.3 is 0 Å². The zero-order valence-corrected chi connectivity index (χ0v) is 24.3. The summed E-state index contributed by atoms with van der Waals surface area (Å²) in [5.74, 6) is 0.349. The molecule has 2 amide bonds. The molecule has 0 unspecified atom stereocenters. The van der Waals surface area contributed by atoms with Gasteiger partial charge in [-0.2, -0.15) is 4.98 Å². The second-order valence-corrected chi connectivity index (χ2v) is 10.0. The summed E-state index contributed by atoms with van der Waals surface area (Å²) in [5, 5.41) is 9.37. The summed E-state index contributed by atoms with van der Waals surface area (Å²) in [4.78, 5) is 37.2. The summed E-state index contributed by atoms with van der Waals surface area (Å²) in [6.45, 7) is 3.84. The molecule has 9 nitrogen and oxygen atoms in total. The Balaban J connectivity index is 1.61. The van der Waals surface area contributed by atoms with Gasteiger partial charge in [0.25, 0.3) is 0 Å². The van der Waals surface area contributed by atoms with E-state index in [1.165, 1.54) is 23.1 Å². The lowest BCUT2D eigenvalue weighted by atomic mass is 10.0. The molecule has 0 atom stereocenters. The Morgan fingerprint density at radius 3 is 2.49 bits per heavy atom. The van der Waals surface area contributed by atoms with Gasteiger partial charge in [0.1, 0.15) is 11.6 Å². The van der Waals surface area contributed by atoms with Crippen LogP contribution in [0.4, 0.5) is 21.8 Å². The first kappa shape index (κ1) is 31.2. The minimum atomic E-state index is -0.334. The maximum absolute atomic E-state index is 13.6. The van der Waals surface area contributed by atoms with Crippen molar-refractivity contribution >= 4 is 29.3 Å². The van der Waals surface area contributed by atoms with Crippen LogP contribution in [0.1, 0.15) is 30.0 Å². The van der Waals surface area contributed by atoms with Gasteiger partial charge in [-0.05, 0) is 62.7 Å². The highest BCUT2D eigenvalue weighted by molar-refractivity contribution is 5.91. The maximum Gasteiger partial charge on any atom is 0.246 e. The van der Waals surface area contributed by atoms with Crippen LogP contribution in [0.15, 0.2) is 66.9 Å². The number of likely N-dealkylation sites (N-methyl/N-ethyl adjacent to an activating group) is 2. The Morgan fingerprint density at radius 2 is 1.76 bits per heavy atom. The second-order valence-electron chi connectivity index (χ2n) is 10.0. The van der Waals surface area contributed by atoms with Gasteiger partial charge < -0.3 is 25.8 Å². The lowest BCUT2D eigenvalue weighted by Gasteiger charge is -2.16. The standard InChI is InChI=1S/C31H40FN7O2/c1-5-17-33-30-25(21-35-31(37-30)36-27-13-8-12-26(32)19-27)16-15-23-10-6-7-11-24(23)20-34-28(40)22-39(4)29(41)14-9-18-38(2)3/h6-14,19,21H,5,15-18,20,22H2,1-4H3,(H,34,40)(H2,33,35,36,37)/b14-9+. The Hall–Kier alpha value is -4.31. The fraction of sp³-hybridized carbons (Fsp3) is 0.355. The molecule has 0 radical (unpaired) electrons. The van der Waals surface area contributed by atoms with Crippen molar-refractivity contribution in [2.24, 2.45) is 0 Å². The van der Waals surface area contributed by atoms with Crippen LogP contribution in [0, 0.1) is 5.82 Å². The molecule has 3 rings (SSSR count). The Bertz CT molecular complexity index is 1330. The molecule has 2 aromatic carbocycles. The normalized spacial score (nSPS) is 11.1. The number of aromatic nitrogens is 2. The molecule has 10 heteroatoms. The van der Waals surface area contributed by atoms with E-state index in [9.17, 15) is 14.0 Å². The third-order valence-electron chi connectivity index (χ3n) is 6.23. The molecule has 0 spiro atoms. The topological polar surface area (TPSA) is 102 Å². The van der Waals surface area contributed by atoms with Crippen molar-refractivity contribution < 1.29 is 14.0 Å². The molecule has 0 bridgehead atoms. The zero-order chi connectivity index (χ0) is 29.6. The van der Waals surface area contributed by atoms with Crippen LogP contribution in [0.3, 0.4) is 0 Å². The number of nitrogens with zero attached hydrogens (tertiary/aromatic N) is 4. The molecule has 0 aliphatic heterocycles. The predicted octanol–water partition coefficient (Wildman–Crippen LogP) is 4.16. The number of carbonyl (C=O) groups excluding carboxylic acids is 2. The molecule has 1 heterocycles. The second kappa shape index (κ2) is 16.1. The van der Waals surface area contributed by atoms with Crippen molar-refractivity contribution in [1.82, 2.24) is 25.1 Å². The quantitative estimate of drug-likeness (QED) is 0.240. The zero-order valence-electron chi connectivity index (χ0n) is 24.3. The number of nitrogens with one attached hydrogen (secondary N) is 3. The van der Waals surface area contributed by atoms with Crippen LogP contribution in [0.25, 0.3) is 0 Å². The van der Waals surface area contributed by atoms with E-state index in [-0.39, 0.29) is 24.2 Å². The average Bonchev–Trinajstić information content (AvgIpc) is 2.94. The lowest BCUT2D eigenvalue weighted by Crippen LogP contribution is -2.37. The summed E-state index contributed by atoms with van der Waals surface area (Å²) >= 11 is 0. The van der Waals surface area contributed by atoms with Gasteiger partial charge in [-0.1, -0.05) is 43.3 Å². The summed E-state index contributed by atoms with van der Waals surface area (Å²) < 4.78 is 13.6. The number of halogens is 1. The molecule has 1 aromatic heterocycles. The lowest BCUT2D eigenvalue weighted by molar-refractivity contribution is -0.131. The van der Waals surface area contributed by atoms with Crippen LogP contribution < -0.4 is 16.0 Å². The molecule has 0 saturated heterocycles. The molecule has 41 heavy (non-hydrogen) atoms. The van der Waals surface area contributed by atoms with Gasteiger partial charge in [0.15, 0.2) is 0 Å². The minimum absolute atomic E-state index is 0.0207. The van der Waals surface area contributed by atoms with Crippen LogP contribution in [-0.2, 0) is 29.0 Å². The van der Waals surface area contributed by atoms with Gasteiger partial charge in [0, 0.05) is 50.2 Å².